The van der Waals surface area contributed by atoms with Gasteiger partial charge >= 0.3 is 0 Å². The molecule has 0 saturated heterocycles. The normalized spacial score (nSPS) is 16.8. The lowest BCUT2D eigenvalue weighted by molar-refractivity contribution is 0.335. The maximum Gasteiger partial charge on any atom is 0.0786 e. The van der Waals surface area contributed by atoms with Crippen LogP contribution in [0.5, 0.6) is 0 Å². The molecule has 2 heterocycles. The topological polar surface area (TPSA) is 12.9 Å². The first kappa shape index (κ1) is 24.8. The molecule has 2 heteroatoms. The van der Waals surface area contributed by atoms with Crippen molar-refractivity contribution in [1.82, 2.24) is 4.98 Å². The average molecular weight is 528 g/mol. The summed E-state index contributed by atoms with van der Waals surface area (Å²) in [6.45, 7) is 16.6. The summed E-state index contributed by atoms with van der Waals surface area (Å²) in [6, 6.07) is 25.3. The first-order valence-corrected chi connectivity index (χ1v) is 15.1. The Morgan fingerprint density at radius 3 is 2.23 bits per heavy atom. The molecule has 0 bridgehead atoms. The summed E-state index contributed by atoms with van der Waals surface area (Å²) in [5.74, 6) is 0. The number of thiophene rings is 1. The van der Waals surface area contributed by atoms with Crippen molar-refractivity contribution >= 4 is 53.1 Å². The van der Waals surface area contributed by atoms with Crippen molar-refractivity contribution in [2.45, 2.75) is 77.6 Å². The number of aromatic nitrogens is 1. The predicted octanol–water partition coefficient (Wildman–Crippen LogP) is 11.1. The highest BCUT2D eigenvalue weighted by atomic mass is 32.1. The highest BCUT2D eigenvalue weighted by Gasteiger charge is 2.38. The molecule has 2 aromatic heterocycles. The van der Waals surface area contributed by atoms with Crippen LogP contribution in [0, 0.1) is 0 Å². The number of hydrogen-bond acceptors (Lipinski definition) is 2. The van der Waals surface area contributed by atoms with Crippen molar-refractivity contribution in [3.63, 3.8) is 0 Å². The van der Waals surface area contributed by atoms with Crippen LogP contribution >= 0.6 is 11.3 Å². The van der Waals surface area contributed by atoms with E-state index in [2.05, 4.69) is 115 Å². The Morgan fingerprint density at radius 2 is 1.46 bits per heavy atom. The molecule has 0 unspecified atom stereocenters. The smallest absolute Gasteiger partial charge is 0.0786 e. The van der Waals surface area contributed by atoms with Crippen LogP contribution < -0.4 is 0 Å². The van der Waals surface area contributed by atoms with E-state index in [-0.39, 0.29) is 16.2 Å². The van der Waals surface area contributed by atoms with Gasteiger partial charge in [-0.3, -0.25) is 4.98 Å². The average Bonchev–Trinajstić information content (AvgIpc) is 3.25. The van der Waals surface area contributed by atoms with Crippen molar-refractivity contribution < 1.29 is 0 Å². The number of pyridine rings is 1. The second kappa shape index (κ2) is 8.15. The number of fused-ring (bicyclic) bond motifs is 7. The van der Waals surface area contributed by atoms with Gasteiger partial charge in [0.05, 0.1) is 5.69 Å². The molecule has 0 atom stereocenters. The Hall–Kier alpha value is -3.23. The zero-order valence-electron chi connectivity index (χ0n) is 24.2. The summed E-state index contributed by atoms with van der Waals surface area (Å²) in [4.78, 5) is 5.01. The van der Waals surface area contributed by atoms with Crippen LogP contribution in [0.25, 0.3) is 53.0 Å². The third-order valence-electron chi connectivity index (χ3n) is 9.29. The summed E-state index contributed by atoms with van der Waals surface area (Å²) < 4.78 is 2.85. The second-order valence-corrected chi connectivity index (χ2v) is 15.0. The van der Waals surface area contributed by atoms with Crippen molar-refractivity contribution in [3.05, 3.63) is 89.6 Å². The van der Waals surface area contributed by atoms with E-state index in [4.69, 9.17) is 4.98 Å². The van der Waals surface area contributed by atoms with Crippen LogP contribution in [0.15, 0.2) is 72.9 Å². The molecule has 0 saturated carbocycles. The molecule has 39 heavy (non-hydrogen) atoms. The molecule has 0 spiro atoms. The Balaban J connectivity index is 1.53. The van der Waals surface area contributed by atoms with Gasteiger partial charge in [0.15, 0.2) is 0 Å². The number of rotatable bonds is 1. The second-order valence-electron chi connectivity index (χ2n) is 13.9. The van der Waals surface area contributed by atoms with Crippen LogP contribution in [0.1, 0.15) is 78.0 Å². The Morgan fingerprint density at radius 1 is 0.718 bits per heavy atom. The van der Waals surface area contributed by atoms with Crippen molar-refractivity contribution in [1.29, 1.82) is 0 Å². The molecule has 6 aromatic rings. The zero-order valence-corrected chi connectivity index (χ0v) is 25.0. The first-order chi connectivity index (χ1) is 18.5. The van der Waals surface area contributed by atoms with Gasteiger partial charge in [-0.1, -0.05) is 97.0 Å². The molecule has 1 aliphatic rings. The monoisotopic (exact) mass is 527 g/mol. The van der Waals surface area contributed by atoms with Crippen molar-refractivity contribution in [2.24, 2.45) is 0 Å². The van der Waals surface area contributed by atoms with Gasteiger partial charge in [0.2, 0.25) is 0 Å². The summed E-state index contributed by atoms with van der Waals surface area (Å²) in [6.07, 6.45) is 4.45. The predicted molar refractivity (Wildman–Crippen MR) is 172 cm³/mol. The SMILES string of the molecule is CC(C)(C)c1ccc(-c2nccc3cc4sc5c6c(ccc5c4cc23)C(C)(C)CCC6(C)C)c2ccccc12. The van der Waals surface area contributed by atoms with Gasteiger partial charge in [0.25, 0.3) is 0 Å². The third kappa shape index (κ3) is 3.68. The van der Waals surface area contributed by atoms with Crippen molar-refractivity contribution in [2.75, 3.05) is 0 Å². The lowest BCUT2D eigenvalue weighted by Crippen LogP contribution is -2.33. The fraction of sp³-hybridized carbons (Fsp3) is 0.324. The molecule has 7 rings (SSSR count). The van der Waals surface area contributed by atoms with Crippen LogP contribution in [0.2, 0.25) is 0 Å². The van der Waals surface area contributed by atoms with Crippen LogP contribution in [0.3, 0.4) is 0 Å². The summed E-state index contributed by atoms with van der Waals surface area (Å²) in [5.41, 5.74) is 7.26. The molecule has 4 aromatic carbocycles. The van der Waals surface area contributed by atoms with E-state index in [0.29, 0.717) is 0 Å². The molecule has 0 N–H and O–H groups in total. The molecule has 0 aliphatic heterocycles. The van der Waals surface area contributed by atoms with Gasteiger partial charge in [0, 0.05) is 37.3 Å². The lowest BCUT2D eigenvalue weighted by Gasteiger charge is -2.42. The molecular formula is C37H37NS. The number of benzene rings is 4. The largest absolute Gasteiger partial charge is 0.256 e. The van der Waals surface area contributed by atoms with E-state index in [0.717, 1.165) is 5.69 Å². The molecule has 1 aliphatic carbocycles. The highest BCUT2D eigenvalue weighted by Crippen LogP contribution is 2.52. The van der Waals surface area contributed by atoms with E-state index < -0.39 is 0 Å². The molecule has 196 valence electrons. The Kier molecular flexibility index (Phi) is 5.18. The minimum atomic E-state index is 0.0769. The summed E-state index contributed by atoms with van der Waals surface area (Å²) >= 11 is 1.98. The van der Waals surface area contributed by atoms with E-state index in [1.165, 1.54) is 71.2 Å². The molecular weight excluding hydrogens is 490 g/mol. The van der Waals surface area contributed by atoms with Crippen LogP contribution in [-0.2, 0) is 16.2 Å². The Bertz CT molecular complexity index is 1940. The van der Waals surface area contributed by atoms with Gasteiger partial charge in [0.1, 0.15) is 0 Å². The van der Waals surface area contributed by atoms with Crippen LogP contribution in [-0.4, -0.2) is 4.98 Å². The fourth-order valence-electron chi connectivity index (χ4n) is 7.00. The van der Waals surface area contributed by atoms with E-state index in [1.54, 1.807) is 5.56 Å². The number of nitrogens with zero attached hydrogens (tertiary/aromatic N) is 1. The van der Waals surface area contributed by atoms with E-state index in [9.17, 15) is 0 Å². The minimum Gasteiger partial charge on any atom is -0.256 e. The minimum absolute atomic E-state index is 0.0769. The van der Waals surface area contributed by atoms with Gasteiger partial charge in [-0.05, 0) is 80.1 Å². The van der Waals surface area contributed by atoms with Crippen LogP contribution in [0.4, 0.5) is 0 Å². The molecule has 0 radical (unpaired) electrons. The lowest BCUT2D eigenvalue weighted by atomic mass is 9.63. The van der Waals surface area contributed by atoms with Crippen molar-refractivity contribution in [3.8, 4) is 11.3 Å². The Labute approximate surface area is 235 Å². The maximum absolute atomic E-state index is 5.01. The fourth-order valence-corrected chi connectivity index (χ4v) is 8.46. The van der Waals surface area contributed by atoms with E-state index in [1.807, 2.05) is 17.5 Å². The zero-order chi connectivity index (χ0) is 27.3. The first-order valence-electron chi connectivity index (χ1n) is 14.3. The highest BCUT2D eigenvalue weighted by molar-refractivity contribution is 7.26. The van der Waals surface area contributed by atoms with Gasteiger partial charge < -0.3 is 0 Å². The number of hydrogen-bond donors (Lipinski definition) is 0. The van der Waals surface area contributed by atoms with Gasteiger partial charge in [-0.25, -0.2) is 0 Å². The van der Waals surface area contributed by atoms with Gasteiger partial charge in [-0.2, -0.15) is 0 Å². The standard InChI is InChI=1S/C37H37NS/c1-35(2,3)29-14-12-25(23-10-8-9-11-24(23)29)33-27-21-28-26-13-15-30-32(37(6,7)18-17-36(30,4)5)34(26)39-31(28)20-22(27)16-19-38-33/h8-16,19-21H,17-18H2,1-7H3. The maximum atomic E-state index is 5.01. The molecule has 1 nitrogen and oxygen atoms in total. The van der Waals surface area contributed by atoms with Gasteiger partial charge in [-0.15, -0.1) is 11.3 Å². The quantitative estimate of drug-likeness (QED) is 0.207. The van der Waals surface area contributed by atoms with E-state index >= 15 is 0 Å². The third-order valence-corrected chi connectivity index (χ3v) is 10.5. The molecule has 0 amide bonds. The summed E-state index contributed by atoms with van der Waals surface area (Å²) in [5, 5.41) is 7.84. The summed E-state index contributed by atoms with van der Waals surface area (Å²) in [7, 11) is 0. The molecule has 0 fully saturated rings.